The number of amides is 1. The number of nitrogens with one attached hydrogen (secondary N) is 1. The summed E-state index contributed by atoms with van der Waals surface area (Å²) in [7, 11) is 0. The van der Waals surface area contributed by atoms with Gasteiger partial charge in [-0.1, -0.05) is 25.3 Å². The molecule has 1 fully saturated rings. The molecule has 1 aliphatic carbocycles. The molecule has 0 saturated heterocycles. The van der Waals surface area contributed by atoms with Crippen LogP contribution in [0.5, 0.6) is 0 Å². The highest BCUT2D eigenvalue weighted by molar-refractivity contribution is 6.01. The maximum atomic E-state index is 12.6. The second-order valence-electron chi connectivity index (χ2n) is 7.65. The Balaban J connectivity index is 1.48. The summed E-state index contributed by atoms with van der Waals surface area (Å²) in [5, 5.41) is 1.19. The molecule has 26 heavy (non-hydrogen) atoms. The minimum Gasteiger partial charge on any atom is -0.361 e. The van der Waals surface area contributed by atoms with E-state index in [2.05, 4.69) is 40.3 Å². The van der Waals surface area contributed by atoms with Crippen LogP contribution in [0.3, 0.4) is 0 Å². The molecule has 2 aromatic heterocycles. The highest BCUT2D eigenvalue weighted by Gasteiger charge is 2.31. The first-order chi connectivity index (χ1) is 12.8. The largest absolute Gasteiger partial charge is 0.361 e. The van der Waals surface area contributed by atoms with Crippen molar-refractivity contribution < 1.29 is 4.79 Å². The maximum Gasteiger partial charge on any atom is 0.233 e. The molecule has 3 aromatic rings. The van der Waals surface area contributed by atoms with E-state index in [1.165, 1.54) is 37.5 Å². The van der Waals surface area contributed by atoms with Crippen molar-refractivity contribution in [2.24, 2.45) is 5.92 Å². The fourth-order valence-corrected chi connectivity index (χ4v) is 4.44. The summed E-state index contributed by atoms with van der Waals surface area (Å²) in [4.78, 5) is 22.4. The van der Waals surface area contributed by atoms with Gasteiger partial charge in [-0.3, -0.25) is 9.78 Å². The van der Waals surface area contributed by atoms with Gasteiger partial charge in [0.05, 0.1) is 17.8 Å². The average molecular weight is 345 g/mol. The molecule has 1 aromatic carbocycles. The Labute approximate surface area is 153 Å². The van der Waals surface area contributed by atoms with E-state index >= 15 is 0 Å². The monoisotopic (exact) mass is 345 g/mol. The van der Waals surface area contributed by atoms with Gasteiger partial charge in [0, 0.05) is 30.0 Å². The fourth-order valence-electron chi connectivity index (χ4n) is 4.44. The summed E-state index contributed by atoms with van der Waals surface area (Å²) >= 11 is 0. The van der Waals surface area contributed by atoms with Gasteiger partial charge in [-0.25, -0.2) is 0 Å². The number of fused-ring (bicyclic) bond motifs is 2. The third-order valence-corrected chi connectivity index (χ3v) is 5.91. The molecular formula is C22H23N3O. The number of hydrogen-bond acceptors (Lipinski definition) is 2. The van der Waals surface area contributed by atoms with E-state index in [1.54, 1.807) is 0 Å². The number of benzene rings is 1. The summed E-state index contributed by atoms with van der Waals surface area (Å²) in [5.41, 5.74) is 5.31. The van der Waals surface area contributed by atoms with Crippen molar-refractivity contribution in [1.82, 2.24) is 9.97 Å². The first-order valence-electron chi connectivity index (χ1n) is 9.65. The van der Waals surface area contributed by atoms with Crippen LogP contribution in [0.15, 0.2) is 42.7 Å². The molecule has 3 heterocycles. The minimum atomic E-state index is 0.205. The van der Waals surface area contributed by atoms with Crippen LogP contribution in [0.25, 0.3) is 22.0 Å². The molecule has 4 nitrogen and oxygen atoms in total. The van der Waals surface area contributed by atoms with E-state index in [9.17, 15) is 4.79 Å². The van der Waals surface area contributed by atoms with Gasteiger partial charge in [-0.2, -0.15) is 0 Å². The lowest BCUT2D eigenvalue weighted by atomic mass is 9.89. The number of nitrogens with zero attached hydrogens (tertiary/aromatic N) is 2. The fraction of sp³-hybridized carbons (Fsp3) is 0.364. The van der Waals surface area contributed by atoms with Crippen LogP contribution in [-0.4, -0.2) is 22.4 Å². The molecule has 0 bridgehead atoms. The van der Waals surface area contributed by atoms with Crippen LogP contribution < -0.4 is 4.90 Å². The number of pyridine rings is 1. The number of carbonyl (C=O) groups excluding carboxylic acids is 1. The van der Waals surface area contributed by atoms with E-state index < -0.39 is 0 Å². The van der Waals surface area contributed by atoms with Crippen LogP contribution in [0, 0.1) is 5.92 Å². The molecular weight excluding hydrogens is 322 g/mol. The van der Waals surface area contributed by atoms with Crippen molar-refractivity contribution in [2.45, 2.75) is 38.5 Å². The Morgan fingerprint density at radius 1 is 1.08 bits per heavy atom. The summed E-state index contributed by atoms with van der Waals surface area (Å²) in [6.45, 7) is 0.855. The molecule has 5 rings (SSSR count). The van der Waals surface area contributed by atoms with E-state index in [0.717, 1.165) is 34.6 Å². The van der Waals surface area contributed by atoms with Gasteiger partial charge in [0.1, 0.15) is 0 Å². The third kappa shape index (κ3) is 2.70. The first-order valence-corrected chi connectivity index (χ1v) is 9.65. The highest BCUT2D eigenvalue weighted by Crippen LogP contribution is 2.35. The molecule has 0 radical (unpaired) electrons. The van der Waals surface area contributed by atoms with Crippen LogP contribution in [0.4, 0.5) is 5.69 Å². The molecule has 2 aliphatic rings. The van der Waals surface area contributed by atoms with Gasteiger partial charge in [0.2, 0.25) is 5.91 Å². The van der Waals surface area contributed by atoms with E-state index in [0.29, 0.717) is 12.3 Å². The van der Waals surface area contributed by atoms with Gasteiger partial charge in [-0.15, -0.1) is 0 Å². The molecule has 1 N–H and O–H groups in total. The van der Waals surface area contributed by atoms with Gasteiger partial charge < -0.3 is 9.88 Å². The zero-order chi connectivity index (χ0) is 17.5. The topological polar surface area (TPSA) is 49.0 Å². The molecule has 1 amide bonds. The average Bonchev–Trinajstić information content (AvgIpc) is 3.26. The zero-order valence-corrected chi connectivity index (χ0v) is 14.9. The number of aromatic amines is 1. The molecule has 0 atom stereocenters. The molecule has 1 aliphatic heterocycles. The summed E-state index contributed by atoms with van der Waals surface area (Å²) < 4.78 is 0. The lowest BCUT2D eigenvalue weighted by Crippen LogP contribution is -2.33. The van der Waals surface area contributed by atoms with Crippen LogP contribution in [-0.2, 0) is 11.2 Å². The lowest BCUT2D eigenvalue weighted by Gasteiger charge is -2.27. The maximum absolute atomic E-state index is 12.6. The van der Waals surface area contributed by atoms with Crippen LogP contribution >= 0.6 is 0 Å². The van der Waals surface area contributed by atoms with Crippen molar-refractivity contribution >= 4 is 22.5 Å². The Bertz CT molecular complexity index is 968. The van der Waals surface area contributed by atoms with E-state index in [1.807, 2.05) is 17.3 Å². The molecule has 0 unspecified atom stereocenters. The Hall–Kier alpha value is -2.62. The Kier molecular flexibility index (Phi) is 3.77. The van der Waals surface area contributed by atoms with Crippen molar-refractivity contribution in [3.8, 4) is 11.1 Å². The van der Waals surface area contributed by atoms with Gasteiger partial charge in [0.25, 0.3) is 0 Å². The number of carbonyl (C=O) groups is 1. The minimum absolute atomic E-state index is 0.205. The number of aromatic nitrogens is 2. The Morgan fingerprint density at radius 2 is 1.96 bits per heavy atom. The number of rotatable bonds is 3. The SMILES string of the molecule is O=C1Cc2ncc(-c3ccc4[nH]ccc4c3)cc2N1CC1CCCCC1. The summed E-state index contributed by atoms with van der Waals surface area (Å²) in [6, 6.07) is 10.6. The number of hydrogen-bond donors (Lipinski definition) is 1. The first kappa shape index (κ1) is 15.6. The van der Waals surface area contributed by atoms with Crippen LogP contribution in [0.1, 0.15) is 37.8 Å². The number of anilines is 1. The predicted molar refractivity (Wildman–Crippen MR) is 104 cm³/mol. The summed E-state index contributed by atoms with van der Waals surface area (Å²) in [6.07, 6.45) is 10.7. The number of H-pyrrole nitrogens is 1. The quantitative estimate of drug-likeness (QED) is 0.748. The normalized spacial score (nSPS) is 17.8. The molecule has 132 valence electrons. The standard InChI is InChI=1S/C22H23N3O/c26-22-12-20-21(25(22)14-15-4-2-1-3-5-15)11-18(13-24-20)16-6-7-19-17(10-16)8-9-23-19/h6-11,13,15,23H,1-5,12,14H2. The highest BCUT2D eigenvalue weighted by atomic mass is 16.2. The summed E-state index contributed by atoms with van der Waals surface area (Å²) in [5.74, 6) is 0.842. The van der Waals surface area contributed by atoms with Crippen molar-refractivity contribution in [2.75, 3.05) is 11.4 Å². The van der Waals surface area contributed by atoms with Crippen LogP contribution in [0.2, 0.25) is 0 Å². The Morgan fingerprint density at radius 3 is 2.85 bits per heavy atom. The predicted octanol–water partition coefficient (Wildman–Crippen LogP) is 4.70. The van der Waals surface area contributed by atoms with Crippen molar-refractivity contribution in [3.05, 3.63) is 48.4 Å². The smallest absolute Gasteiger partial charge is 0.233 e. The third-order valence-electron chi connectivity index (χ3n) is 5.91. The molecule has 0 spiro atoms. The van der Waals surface area contributed by atoms with Gasteiger partial charge >= 0.3 is 0 Å². The van der Waals surface area contributed by atoms with Gasteiger partial charge in [-0.05, 0) is 54.0 Å². The molecule has 4 heteroatoms. The molecule has 1 saturated carbocycles. The van der Waals surface area contributed by atoms with E-state index in [-0.39, 0.29) is 5.91 Å². The second kappa shape index (κ2) is 6.27. The van der Waals surface area contributed by atoms with Crippen molar-refractivity contribution in [1.29, 1.82) is 0 Å². The van der Waals surface area contributed by atoms with Gasteiger partial charge in [0.15, 0.2) is 0 Å². The lowest BCUT2D eigenvalue weighted by molar-refractivity contribution is -0.117. The second-order valence-corrected chi connectivity index (χ2v) is 7.65. The van der Waals surface area contributed by atoms with Crippen molar-refractivity contribution in [3.63, 3.8) is 0 Å². The van der Waals surface area contributed by atoms with E-state index in [4.69, 9.17) is 0 Å². The zero-order valence-electron chi connectivity index (χ0n) is 14.9.